The Morgan fingerprint density at radius 1 is 1.10 bits per heavy atom. The molecule has 1 aliphatic heterocycles. The summed E-state index contributed by atoms with van der Waals surface area (Å²) in [6, 6.07) is 14.8. The van der Waals surface area contributed by atoms with Crippen molar-refractivity contribution in [1.82, 2.24) is 9.80 Å². The maximum atomic E-state index is 13.3. The van der Waals surface area contributed by atoms with E-state index in [1.165, 1.54) is 12.1 Å². The van der Waals surface area contributed by atoms with E-state index in [9.17, 15) is 18.4 Å². The van der Waals surface area contributed by atoms with Crippen molar-refractivity contribution in [2.45, 2.75) is 38.5 Å². The highest BCUT2D eigenvalue weighted by Gasteiger charge is 2.34. The summed E-state index contributed by atoms with van der Waals surface area (Å²) in [4.78, 5) is 29.0. The van der Waals surface area contributed by atoms with Gasteiger partial charge in [0.05, 0.1) is 0 Å². The van der Waals surface area contributed by atoms with Crippen molar-refractivity contribution >= 4 is 11.8 Å². The van der Waals surface area contributed by atoms with Crippen LogP contribution < -0.4 is 4.74 Å². The standard InChI is InChI=1S/C22H24F2N2O3/c1-25(15-16-10-12-18(13-11-16)29-22(23)24)21(28)20(17-7-3-2-4-8-17)26-14-6-5-9-19(26)27/h2-4,7-8,10-13,20,22H,5-6,9,14-15H2,1H3. The van der Waals surface area contributed by atoms with Crippen molar-refractivity contribution in [3.8, 4) is 5.75 Å². The smallest absolute Gasteiger partial charge is 0.387 e. The second-order valence-electron chi connectivity index (χ2n) is 7.07. The van der Waals surface area contributed by atoms with Crippen LogP contribution in [0, 0.1) is 0 Å². The van der Waals surface area contributed by atoms with E-state index in [-0.39, 0.29) is 17.6 Å². The number of alkyl halides is 2. The first-order valence-corrected chi connectivity index (χ1v) is 9.59. The Morgan fingerprint density at radius 3 is 2.41 bits per heavy atom. The highest BCUT2D eigenvalue weighted by Crippen LogP contribution is 2.28. The maximum Gasteiger partial charge on any atom is 0.387 e. The van der Waals surface area contributed by atoms with E-state index in [1.807, 2.05) is 30.3 Å². The molecule has 0 saturated carbocycles. The number of hydrogen-bond donors (Lipinski definition) is 0. The summed E-state index contributed by atoms with van der Waals surface area (Å²) in [6.07, 6.45) is 2.16. The number of halogens is 2. The van der Waals surface area contributed by atoms with E-state index in [1.54, 1.807) is 29.0 Å². The number of likely N-dealkylation sites (tertiary alicyclic amines) is 1. The van der Waals surface area contributed by atoms with Crippen molar-refractivity contribution < 1.29 is 23.1 Å². The average Bonchev–Trinajstić information content (AvgIpc) is 2.71. The van der Waals surface area contributed by atoms with E-state index >= 15 is 0 Å². The van der Waals surface area contributed by atoms with Crippen molar-refractivity contribution in [1.29, 1.82) is 0 Å². The van der Waals surface area contributed by atoms with E-state index in [2.05, 4.69) is 4.74 Å². The second kappa shape index (κ2) is 9.49. The van der Waals surface area contributed by atoms with Gasteiger partial charge >= 0.3 is 6.61 Å². The molecule has 0 bridgehead atoms. The SMILES string of the molecule is CN(Cc1ccc(OC(F)F)cc1)C(=O)C(c1ccccc1)N1CCCCC1=O. The minimum atomic E-state index is -2.88. The number of piperidine rings is 1. The fourth-order valence-electron chi connectivity index (χ4n) is 3.53. The Kier molecular flexibility index (Phi) is 6.80. The van der Waals surface area contributed by atoms with Crippen molar-refractivity contribution in [2.24, 2.45) is 0 Å². The fraction of sp³-hybridized carbons (Fsp3) is 0.364. The van der Waals surface area contributed by atoms with Crippen LogP contribution in [0.15, 0.2) is 54.6 Å². The van der Waals surface area contributed by atoms with Gasteiger partial charge in [-0.15, -0.1) is 0 Å². The zero-order chi connectivity index (χ0) is 20.8. The first-order valence-electron chi connectivity index (χ1n) is 9.59. The lowest BCUT2D eigenvalue weighted by Crippen LogP contribution is -2.46. The van der Waals surface area contributed by atoms with Gasteiger partial charge in [-0.25, -0.2) is 0 Å². The minimum Gasteiger partial charge on any atom is -0.435 e. The molecule has 0 spiro atoms. The van der Waals surface area contributed by atoms with Crippen LogP contribution in [-0.2, 0) is 16.1 Å². The molecule has 1 fully saturated rings. The van der Waals surface area contributed by atoms with Gasteiger partial charge < -0.3 is 14.5 Å². The topological polar surface area (TPSA) is 49.9 Å². The molecule has 0 aliphatic carbocycles. The molecule has 3 rings (SSSR count). The van der Waals surface area contributed by atoms with Crippen LogP contribution in [-0.4, -0.2) is 41.8 Å². The summed E-state index contributed by atoms with van der Waals surface area (Å²) in [5.74, 6) is -0.126. The zero-order valence-electron chi connectivity index (χ0n) is 16.3. The van der Waals surface area contributed by atoms with Crippen LogP contribution in [0.2, 0.25) is 0 Å². The molecular formula is C22H24F2N2O3. The molecule has 2 aromatic rings. The molecule has 1 aliphatic rings. The van der Waals surface area contributed by atoms with Gasteiger partial charge in [-0.1, -0.05) is 42.5 Å². The van der Waals surface area contributed by atoms with Crippen LogP contribution in [0.5, 0.6) is 5.75 Å². The predicted molar refractivity (Wildman–Crippen MR) is 104 cm³/mol. The summed E-state index contributed by atoms with van der Waals surface area (Å²) in [5.41, 5.74) is 1.56. The number of benzene rings is 2. The molecule has 2 aromatic carbocycles. The number of likely N-dealkylation sites (N-methyl/N-ethyl adjacent to an activating group) is 1. The number of carbonyl (C=O) groups excluding carboxylic acids is 2. The normalized spacial score (nSPS) is 15.3. The molecule has 29 heavy (non-hydrogen) atoms. The van der Waals surface area contributed by atoms with E-state index in [0.29, 0.717) is 19.5 Å². The third kappa shape index (κ3) is 5.31. The van der Waals surface area contributed by atoms with Crippen molar-refractivity contribution in [3.63, 3.8) is 0 Å². The van der Waals surface area contributed by atoms with Gasteiger partial charge in [-0.2, -0.15) is 8.78 Å². The molecule has 1 atom stereocenters. The third-order valence-corrected chi connectivity index (χ3v) is 4.97. The van der Waals surface area contributed by atoms with Crippen LogP contribution in [0.4, 0.5) is 8.78 Å². The highest BCUT2D eigenvalue weighted by molar-refractivity contribution is 5.89. The Hall–Kier alpha value is -2.96. The first kappa shape index (κ1) is 20.8. The van der Waals surface area contributed by atoms with Gasteiger partial charge in [0.25, 0.3) is 0 Å². The van der Waals surface area contributed by atoms with Crippen LogP contribution in [0.25, 0.3) is 0 Å². The first-order chi connectivity index (χ1) is 14.0. The highest BCUT2D eigenvalue weighted by atomic mass is 19.3. The lowest BCUT2D eigenvalue weighted by atomic mass is 10.00. The number of amides is 2. The quantitative estimate of drug-likeness (QED) is 0.703. The van der Waals surface area contributed by atoms with Gasteiger partial charge in [-0.3, -0.25) is 9.59 Å². The monoisotopic (exact) mass is 402 g/mol. The summed E-state index contributed by atoms with van der Waals surface area (Å²) in [7, 11) is 1.68. The van der Waals surface area contributed by atoms with E-state index < -0.39 is 12.7 Å². The molecule has 0 N–H and O–H groups in total. The molecule has 1 unspecified atom stereocenters. The third-order valence-electron chi connectivity index (χ3n) is 4.97. The zero-order valence-corrected chi connectivity index (χ0v) is 16.3. The van der Waals surface area contributed by atoms with Crippen molar-refractivity contribution in [3.05, 3.63) is 65.7 Å². The molecule has 7 heteroatoms. The summed E-state index contributed by atoms with van der Waals surface area (Å²) >= 11 is 0. The number of ether oxygens (including phenoxy) is 1. The van der Waals surface area contributed by atoms with Gasteiger partial charge in [0.1, 0.15) is 11.8 Å². The van der Waals surface area contributed by atoms with Crippen LogP contribution in [0.1, 0.15) is 36.4 Å². The number of nitrogens with zero attached hydrogens (tertiary/aromatic N) is 2. The van der Waals surface area contributed by atoms with E-state index in [0.717, 1.165) is 24.0 Å². The predicted octanol–water partition coefficient (Wildman–Crippen LogP) is 4.00. The maximum absolute atomic E-state index is 13.3. The Morgan fingerprint density at radius 2 is 1.79 bits per heavy atom. The second-order valence-corrected chi connectivity index (χ2v) is 7.07. The van der Waals surface area contributed by atoms with Gasteiger partial charge in [0.2, 0.25) is 11.8 Å². The number of rotatable bonds is 7. The molecule has 0 aromatic heterocycles. The molecule has 5 nitrogen and oxygen atoms in total. The van der Waals surface area contributed by atoms with Crippen molar-refractivity contribution in [2.75, 3.05) is 13.6 Å². The Labute approximate surface area is 168 Å². The molecule has 2 amide bonds. The average molecular weight is 402 g/mol. The van der Waals surface area contributed by atoms with E-state index in [4.69, 9.17) is 0 Å². The Balaban J connectivity index is 1.77. The summed E-state index contributed by atoms with van der Waals surface area (Å²) in [5, 5.41) is 0. The molecule has 1 saturated heterocycles. The van der Waals surface area contributed by atoms with Crippen LogP contribution in [0.3, 0.4) is 0 Å². The van der Waals surface area contributed by atoms with Gasteiger partial charge in [0.15, 0.2) is 0 Å². The number of hydrogen-bond acceptors (Lipinski definition) is 3. The molecule has 154 valence electrons. The Bertz CT molecular complexity index is 828. The van der Waals surface area contributed by atoms with Crippen LogP contribution >= 0.6 is 0 Å². The molecular weight excluding hydrogens is 378 g/mol. The summed E-state index contributed by atoms with van der Waals surface area (Å²) < 4.78 is 28.9. The molecule has 0 radical (unpaired) electrons. The minimum absolute atomic E-state index is 0.0136. The van der Waals surface area contributed by atoms with Gasteiger partial charge in [0, 0.05) is 26.6 Å². The lowest BCUT2D eigenvalue weighted by molar-refractivity contribution is -0.147. The molecule has 1 heterocycles. The largest absolute Gasteiger partial charge is 0.435 e. The number of carbonyl (C=O) groups is 2. The fourth-order valence-corrected chi connectivity index (χ4v) is 3.53. The summed E-state index contributed by atoms with van der Waals surface area (Å²) in [6.45, 7) is -2.03. The lowest BCUT2D eigenvalue weighted by Gasteiger charge is -2.36. The van der Waals surface area contributed by atoms with Gasteiger partial charge in [-0.05, 0) is 36.1 Å².